The summed E-state index contributed by atoms with van der Waals surface area (Å²) < 4.78 is 12.0. The first kappa shape index (κ1) is 30.5. The van der Waals surface area contributed by atoms with Crippen LogP contribution in [0, 0.1) is 0 Å². The lowest BCUT2D eigenvalue weighted by atomic mass is 9.95. The zero-order valence-electron chi connectivity index (χ0n) is 23.4. The van der Waals surface area contributed by atoms with E-state index in [0.717, 1.165) is 51.4 Å². The van der Waals surface area contributed by atoms with E-state index in [-0.39, 0.29) is 33.8 Å². The van der Waals surface area contributed by atoms with Gasteiger partial charge in [0.05, 0.1) is 24.3 Å². The molecule has 40 heavy (non-hydrogen) atoms. The minimum atomic E-state index is -0.765. The summed E-state index contributed by atoms with van der Waals surface area (Å²) in [6.07, 6.45) is 7.58. The molecule has 0 spiro atoms. The minimum absolute atomic E-state index is 0.0108. The highest BCUT2D eigenvalue weighted by atomic mass is 16.5. The molecule has 0 N–H and O–H groups in total. The lowest BCUT2D eigenvalue weighted by Crippen LogP contribution is -2.20. The standard InChI is InChI=1S/C34H38O6/c1-3-5-7-15-21-39-29-23-28(34(38)32(36)26-19-13-10-14-20-26)30(40-22-16-8-6-4-2)24-27(29)33(37)31(35)25-17-11-9-12-18-25/h9-14,17-20,23-24H,3-8,15-16,21-22H2,1-2H3. The van der Waals surface area contributed by atoms with Crippen LogP contribution in [0.5, 0.6) is 11.5 Å². The Bertz CT molecular complexity index is 1180. The van der Waals surface area contributed by atoms with Crippen LogP contribution < -0.4 is 9.47 Å². The number of hydrogen-bond donors (Lipinski definition) is 0. The molecule has 3 aromatic carbocycles. The molecule has 0 aromatic heterocycles. The summed E-state index contributed by atoms with van der Waals surface area (Å²) in [5, 5.41) is 0. The van der Waals surface area contributed by atoms with Gasteiger partial charge in [-0.1, -0.05) is 113 Å². The van der Waals surface area contributed by atoms with Gasteiger partial charge in [0.2, 0.25) is 23.1 Å². The van der Waals surface area contributed by atoms with Gasteiger partial charge in [0, 0.05) is 11.1 Å². The fourth-order valence-corrected chi connectivity index (χ4v) is 4.26. The first-order chi connectivity index (χ1) is 19.5. The van der Waals surface area contributed by atoms with Crippen molar-refractivity contribution in [1.82, 2.24) is 0 Å². The number of rotatable bonds is 18. The Balaban J connectivity index is 2.02. The lowest BCUT2D eigenvalue weighted by molar-refractivity contribution is 0.0810. The number of ether oxygens (including phenoxy) is 2. The second-order valence-electron chi connectivity index (χ2n) is 9.71. The van der Waals surface area contributed by atoms with Crippen LogP contribution in [0.15, 0.2) is 72.8 Å². The van der Waals surface area contributed by atoms with E-state index in [0.29, 0.717) is 13.2 Å². The maximum Gasteiger partial charge on any atom is 0.237 e. The fraction of sp³-hybridized carbons (Fsp3) is 0.353. The number of carbonyl (C=O) groups is 4. The summed E-state index contributed by atoms with van der Waals surface area (Å²) in [5.74, 6) is -2.73. The summed E-state index contributed by atoms with van der Waals surface area (Å²) in [6, 6.07) is 19.4. The Morgan fingerprint density at radius 1 is 0.500 bits per heavy atom. The van der Waals surface area contributed by atoms with E-state index in [1.165, 1.54) is 12.1 Å². The molecule has 0 bridgehead atoms. The van der Waals surface area contributed by atoms with Crippen LogP contribution in [0.3, 0.4) is 0 Å². The van der Waals surface area contributed by atoms with E-state index in [1.54, 1.807) is 60.7 Å². The predicted octanol–water partition coefficient (Wildman–Crippen LogP) is 7.74. The first-order valence-corrected chi connectivity index (χ1v) is 14.2. The van der Waals surface area contributed by atoms with Crippen molar-refractivity contribution in [3.63, 3.8) is 0 Å². The van der Waals surface area contributed by atoms with Crippen molar-refractivity contribution in [2.24, 2.45) is 0 Å². The second-order valence-corrected chi connectivity index (χ2v) is 9.71. The van der Waals surface area contributed by atoms with Crippen molar-refractivity contribution in [3.05, 3.63) is 95.1 Å². The monoisotopic (exact) mass is 542 g/mol. The molecule has 0 atom stereocenters. The molecule has 0 amide bonds. The molecule has 0 radical (unpaired) electrons. The van der Waals surface area contributed by atoms with Gasteiger partial charge in [-0.2, -0.15) is 0 Å². The molecule has 0 aliphatic carbocycles. The van der Waals surface area contributed by atoms with Gasteiger partial charge in [0.1, 0.15) is 11.5 Å². The Morgan fingerprint density at radius 2 is 0.875 bits per heavy atom. The van der Waals surface area contributed by atoms with Gasteiger partial charge in [-0.25, -0.2) is 0 Å². The van der Waals surface area contributed by atoms with Crippen molar-refractivity contribution < 1.29 is 28.7 Å². The molecule has 0 heterocycles. The normalized spacial score (nSPS) is 10.7. The topological polar surface area (TPSA) is 86.7 Å². The number of Topliss-reactive ketones (excluding diaryl/α,β-unsaturated/α-hetero) is 4. The third-order valence-corrected chi connectivity index (χ3v) is 6.57. The highest BCUT2D eigenvalue weighted by molar-refractivity contribution is 6.51. The molecule has 0 unspecified atom stereocenters. The molecule has 3 rings (SSSR count). The Kier molecular flexibility index (Phi) is 12.3. The molecular formula is C34H38O6. The summed E-state index contributed by atoms with van der Waals surface area (Å²) in [7, 11) is 0. The maximum atomic E-state index is 13.5. The number of hydrogen-bond acceptors (Lipinski definition) is 6. The van der Waals surface area contributed by atoms with E-state index < -0.39 is 23.1 Å². The quantitative estimate of drug-likeness (QED) is 0.0928. The highest BCUT2D eigenvalue weighted by Gasteiger charge is 2.29. The summed E-state index contributed by atoms with van der Waals surface area (Å²) in [6.45, 7) is 4.82. The van der Waals surface area contributed by atoms with Gasteiger partial charge in [-0.05, 0) is 25.0 Å². The molecule has 210 valence electrons. The second kappa shape index (κ2) is 16.1. The Morgan fingerprint density at radius 3 is 1.23 bits per heavy atom. The molecule has 0 aliphatic heterocycles. The summed E-state index contributed by atoms with van der Waals surface area (Å²) >= 11 is 0. The third-order valence-electron chi connectivity index (χ3n) is 6.57. The largest absolute Gasteiger partial charge is 0.493 e. The van der Waals surface area contributed by atoms with Crippen molar-refractivity contribution in [2.75, 3.05) is 13.2 Å². The molecular weight excluding hydrogens is 504 g/mol. The van der Waals surface area contributed by atoms with Crippen LogP contribution in [-0.4, -0.2) is 36.3 Å². The van der Waals surface area contributed by atoms with Crippen LogP contribution in [0.1, 0.15) is 107 Å². The molecule has 0 fully saturated rings. The summed E-state index contributed by atoms with van der Waals surface area (Å²) in [5.41, 5.74) is 0.527. The van der Waals surface area contributed by atoms with Crippen LogP contribution in [0.4, 0.5) is 0 Å². The van der Waals surface area contributed by atoms with E-state index in [1.807, 2.05) is 0 Å². The molecule has 0 saturated carbocycles. The zero-order chi connectivity index (χ0) is 28.7. The lowest BCUT2D eigenvalue weighted by Gasteiger charge is -2.17. The smallest absolute Gasteiger partial charge is 0.237 e. The van der Waals surface area contributed by atoms with Gasteiger partial charge in [-0.15, -0.1) is 0 Å². The van der Waals surface area contributed by atoms with Gasteiger partial charge in [-0.3, -0.25) is 19.2 Å². The van der Waals surface area contributed by atoms with E-state index in [9.17, 15) is 19.2 Å². The summed E-state index contributed by atoms with van der Waals surface area (Å²) in [4.78, 5) is 53.1. The van der Waals surface area contributed by atoms with Gasteiger partial charge in [0.25, 0.3) is 0 Å². The third kappa shape index (κ3) is 8.47. The van der Waals surface area contributed by atoms with Crippen LogP contribution in [-0.2, 0) is 0 Å². The highest BCUT2D eigenvalue weighted by Crippen LogP contribution is 2.32. The van der Waals surface area contributed by atoms with Crippen molar-refractivity contribution in [1.29, 1.82) is 0 Å². The van der Waals surface area contributed by atoms with Crippen molar-refractivity contribution in [3.8, 4) is 11.5 Å². The molecule has 6 nitrogen and oxygen atoms in total. The fourth-order valence-electron chi connectivity index (χ4n) is 4.26. The van der Waals surface area contributed by atoms with Gasteiger partial charge >= 0.3 is 0 Å². The van der Waals surface area contributed by atoms with E-state index in [4.69, 9.17) is 9.47 Å². The van der Waals surface area contributed by atoms with Crippen molar-refractivity contribution in [2.45, 2.75) is 65.2 Å². The number of unbranched alkanes of at least 4 members (excludes halogenated alkanes) is 6. The Labute approximate surface area is 236 Å². The molecule has 0 saturated heterocycles. The average Bonchev–Trinajstić information content (AvgIpc) is 3.00. The van der Waals surface area contributed by atoms with Crippen LogP contribution >= 0.6 is 0 Å². The van der Waals surface area contributed by atoms with Gasteiger partial charge < -0.3 is 9.47 Å². The average molecular weight is 543 g/mol. The van der Waals surface area contributed by atoms with Crippen molar-refractivity contribution >= 4 is 23.1 Å². The molecule has 0 aliphatic rings. The van der Waals surface area contributed by atoms with Crippen LogP contribution in [0.2, 0.25) is 0 Å². The van der Waals surface area contributed by atoms with E-state index >= 15 is 0 Å². The van der Waals surface area contributed by atoms with Gasteiger partial charge in [0.15, 0.2) is 0 Å². The number of benzene rings is 3. The predicted molar refractivity (Wildman–Crippen MR) is 156 cm³/mol. The maximum absolute atomic E-state index is 13.5. The minimum Gasteiger partial charge on any atom is -0.493 e. The van der Waals surface area contributed by atoms with Crippen LogP contribution in [0.25, 0.3) is 0 Å². The molecule has 3 aromatic rings. The first-order valence-electron chi connectivity index (χ1n) is 14.2. The Hall–Kier alpha value is -4.06. The molecule has 6 heteroatoms. The van der Waals surface area contributed by atoms with E-state index in [2.05, 4.69) is 13.8 Å². The number of ketones is 4. The number of carbonyl (C=O) groups excluding carboxylic acids is 4. The zero-order valence-corrected chi connectivity index (χ0v) is 23.4. The SMILES string of the molecule is CCCCCCOc1cc(C(=O)C(=O)c2ccccc2)c(OCCCCCC)cc1C(=O)C(=O)c1ccccc1.